The fourth-order valence-electron chi connectivity index (χ4n) is 2.28. The second-order valence-electron chi connectivity index (χ2n) is 5.39. The van der Waals surface area contributed by atoms with Crippen LogP contribution in [0.3, 0.4) is 0 Å². The number of halogens is 2. The molecule has 0 atom stereocenters. The average molecular weight is 377 g/mol. The van der Waals surface area contributed by atoms with Crippen LogP contribution < -0.4 is 4.74 Å². The van der Waals surface area contributed by atoms with E-state index in [1.807, 2.05) is 30.3 Å². The molecule has 0 aliphatic rings. The second kappa shape index (κ2) is 9.93. The van der Waals surface area contributed by atoms with Crippen molar-refractivity contribution in [2.45, 2.75) is 12.8 Å². The molecule has 25 heavy (non-hydrogen) atoms. The quantitative estimate of drug-likeness (QED) is 0.687. The van der Waals surface area contributed by atoms with Gasteiger partial charge in [-0.1, -0.05) is 53.5 Å². The zero-order chi connectivity index (χ0) is 18.1. The van der Waals surface area contributed by atoms with E-state index in [0.717, 1.165) is 12.0 Å². The molecule has 1 amide bonds. The lowest BCUT2D eigenvalue weighted by atomic mass is 10.1. The summed E-state index contributed by atoms with van der Waals surface area (Å²) in [6.45, 7) is 0.768. The minimum Gasteiger partial charge on any atom is -0.482 e. The van der Waals surface area contributed by atoms with Gasteiger partial charge in [-0.2, -0.15) is 5.26 Å². The molecule has 0 heterocycles. The second-order valence-corrected chi connectivity index (χ2v) is 6.23. The van der Waals surface area contributed by atoms with Crippen LogP contribution in [0.1, 0.15) is 12.0 Å². The predicted octanol–water partition coefficient (Wildman–Crippen LogP) is 4.36. The molecule has 0 spiro atoms. The van der Waals surface area contributed by atoms with Crippen LogP contribution in [0.15, 0.2) is 48.5 Å². The van der Waals surface area contributed by atoms with Crippen molar-refractivity contribution in [1.82, 2.24) is 4.90 Å². The Labute approximate surface area is 157 Å². The molecule has 0 unspecified atom stereocenters. The Morgan fingerprint density at radius 3 is 2.56 bits per heavy atom. The lowest BCUT2D eigenvalue weighted by Gasteiger charge is -2.22. The zero-order valence-corrected chi connectivity index (χ0v) is 15.1. The molecule has 2 aromatic rings. The number of amides is 1. The highest BCUT2D eigenvalue weighted by atomic mass is 35.5. The Hall–Kier alpha value is -2.22. The van der Waals surface area contributed by atoms with Crippen LogP contribution in [-0.2, 0) is 11.2 Å². The lowest BCUT2D eigenvalue weighted by molar-refractivity contribution is -0.133. The summed E-state index contributed by atoms with van der Waals surface area (Å²) in [5.41, 5.74) is 1.14. The number of carbonyl (C=O) groups excluding carboxylic acids is 1. The molecule has 0 aromatic heterocycles. The molecule has 0 saturated heterocycles. The van der Waals surface area contributed by atoms with Gasteiger partial charge in [0.2, 0.25) is 0 Å². The summed E-state index contributed by atoms with van der Waals surface area (Å²) in [4.78, 5) is 14.1. The van der Waals surface area contributed by atoms with E-state index < -0.39 is 0 Å². The molecular formula is C19H18Cl2N2O2. The number of benzene rings is 2. The van der Waals surface area contributed by atoms with E-state index in [4.69, 9.17) is 33.2 Å². The highest BCUT2D eigenvalue weighted by Gasteiger charge is 2.15. The summed E-state index contributed by atoms with van der Waals surface area (Å²) in [6, 6.07) is 16.8. The van der Waals surface area contributed by atoms with Crippen LogP contribution in [0.5, 0.6) is 5.75 Å². The van der Waals surface area contributed by atoms with Crippen molar-refractivity contribution in [3.05, 3.63) is 64.1 Å². The Morgan fingerprint density at radius 2 is 1.88 bits per heavy atom. The van der Waals surface area contributed by atoms with Gasteiger partial charge in [-0.05, 0) is 30.2 Å². The first-order valence-electron chi connectivity index (χ1n) is 7.86. The lowest BCUT2D eigenvalue weighted by Crippen LogP contribution is -2.37. The molecule has 2 rings (SSSR count). The first kappa shape index (κ1) is 19.1. The molecule has 0 fully saturated rings. The van der Waals surface area contributed by atoms with Crippen LogP contribution in [0.4, 0.5) is 0 Å². The van der Waals surface area contributed by atoms with Gasteiger partial charge in [-0.15, -0.1) is 0 Å². The Kier molecular flexibility index (Phi) is 7.59. The Bertz CT molecular complexity index is 745. The van der Waals surface area contributed by atoms with Gasteiger partial charge in [-0.3, -0.25) is 4.79 Å². The van der Waals surface area contributed by atoms with E-state index in [1.165, 1.54) is 0 Å². The van der Waals surface area contributed by atoms with Gasteiger partial charge in [0.05, 0.1) is 17.5 Å². The Morgan fingerprint density at radius 1 is 1.12 bits per heavy atom. The standard InChI is InChI=1S/C19H18Cl2N2O2/c20-16-7-8-18(17(21)13-16)25-14-19(24)23(11-4-10-22)12-9-15-5-2-1-3-6-15/h1-3,5-8,13H,4,9,11-12,14H2. The van der Waals surface area contributed by atoms with Gasteiger partial charge in [0, 0.05) is 18.1 Å². The SMILES string of the molecule is N#CCCN(CCc1ccccc1)C(=O)COc1ccc(Cl)cc1Cl. The fourth-order valence-corrected chi connectivity index (χ4v) is 2.74. The van der Waals surface area contributed by atoms with Gasteiger partial charge in [0.15, 0.2) is 6.61 Å². The average Bonchev–Trinajstić information content (AvgIpc) is 2.61. The number of nitriles is 1. The number of hydrogen-bond donors (Lipinski definition) is 0. The summed E-state index contributed by atoms with van der Waals surface area (Å²) in [5, 5.41) is 9.66. The van der Waals surface area contributed by atoms with Gasteiger partial charge in [0.25, 0.3) is 5.91 Å². The summed E-state index contributed by atoms with van der Waals surface area (Å²) >= 11 is 11.9. The molecule has 6 heteroatoms. The number of hydrogen-bond acceptors (Lipinski definition) is 3. The maximum Gasteiger partial charge on any atom is 0.260 e. The zero-order valence-electron chi connectivity index (χ0n) is 13.6. The fraction of sp³-hybridized carbons (Fsp3) is 0.263. The first-order chi connectivity index (χ1) is 12.1. The molecule has 0 aliphatic heterocycles. The number of rotatable bonds is 8. The van der Waals surface area contributed by atoms with Crippen LogP contribution in [0.2, 0.25) is 10.0 Å². The molecule has 0 N–H and O–H groups in total. The molecule has 130 valence electrons. The summed E-state index contributed by atoms with van der Waals surface area (Å²) < 4.78 is 5.50. The van der Waals surface area contributed by atoms with Gasteiger partial charge >= 0.3 is 0 Å². The van der Waals surface area contributed by atoms with E-state index in [-0.39, 0.29) is 18.9 Å². The van der Waals surface area contributed by atoms with E-state index in [0.29, 0.717) is 28.9 Å². The summed E-state index contributed by atoms with van der Waals surface area (Å²) in [5.74, 6) is 0.222. The number of nitrogens with zero attached hydrogens (tertiary/aromatic N) is 2. The van der Waals surface area contributed by atoms with Crippen molar-refractivity contribution in [2.75, 3.05) is 19.7 Å². The van der Waals surface area contributed by atoms with E-state index in [9.17, 15) is 4.79 Å². The monoisotopic (exact) mass is 376 g/mol. The molecule has 0 bridgehead atoms. The minimum atomic E-state index is -0.183. The van der Waals surface area contributed by atoms with Crippen molar-refractivity contribution >= 4 is 29.1 Å². The maximum atomic E-state index is 12.4. The first-order valence-corrected chi connectivity index (χ1v) is 8.62. The normalized spacial score (nSPS) is 10.1. The molecule has 0 aliphatic carbocycles. The van der Waals surface area contributed by atoms with E-state index in [1.54, 1.807) is 23.1 Å². The minimum absolute atomic E-state index is 0.137. The molecule has 0 radical (unpaired) electrons. The smallest absolute Gasteiger partial charge is 0.260 e. The van der Waals surface area contributed by atoms with Crippen LogP contribution >= 0.6 is 23.2 Å². The number of carbonyl (C=O) groups is 1. The summed E-state index contributed by atoms with van der Waals surface area (Å²) in [7, 11) is 0. The van der Waals surface area contributed by atoms with Crippen molar-refractivity contribution in [3.8, 4) is 11.8 Å². The van der Waals surface area contributed by atoms with Crippen molar-refractivity contribution < 1.29 is 9.53 Å². The summed E-state index contributed by atoms with van der Waals surface area (Å²) in [6.07, 6.45) is 1.00. The van der Waals surface area contributed by atoms with Crippen molar-refractivity contribution in [1.29, 1.82) is 5.26 Å². The third-order valence-corrected chi connectivity index (χ3v) is 4.13. The van der Waals surface area contributed by atoms with Crippen molar-refractivity contribution in [2.24, 2.45) is 0 Å². The maximum absolute atomic E-state index is 12.4. The van der Waals surface area contributed by atoms with Crippen LogP contribution in [0.25, 0.3) is 0 Å². The van der Waals surface area contributed by atoms with Crippen LogP contribution in [0, 0.1) is 11.3 Å². The molecule has 0 saturated carbocycles. The van der Waals surface area contributed by atoms with Gasteiger partial charge in [-0.25, -0.2) is 0 Å². The van der Waals surface area contributed by atoms with E-state index in [2.05, 4.69) is 6.07 Å². The predicted molar refractivity (Wildman–Crippen MR) is 98.9 cm³/mol. The molecule has 4 nitrogen and oxygen atoms in total. The highest BCUT2D eigenvalue weighted by Crippen LogP contribution is 2.27. The largest absolute Gasteiger partial charge is 0.482 e. The Balaban J connectivity index is 1.93. The number of ether oxygens (including phenoxy) is 1. The van der Waals surface area contributed by atoms with Gasteiger partial charge < -0.3 is 9.64 Å². The van der Waals surface area contributed by atoms with Crippen LogP contribution in [-0.4, -0.2) is 30.5 Å². The van der Waals surface area contributed by atoms with Crippen molar-refractivity contribution in [3.63, 3.8) is 0 Å². The van der Waals surface area contributed by atoms with Gasteiger partial charge in [0.1, 0.15) is 5.75 Å². The molecular weight excluding hydrogens is 359 g/mol. The topological polar surface area (TPSA) is 53.3 Å². The van der Waals surface area contributed by atoms with E-state index >= 15 is 0 Å². The molecule has 2 aromatic carbocycles. The third-order valence-electron chi connectivity index (χ3n) is 3.60. The third kappa shape index (κ3) is 6.30. The highest BCUT2D eigenvalue weighted by molar-refractivity contribution is 6.35.